The number of nitrogens with one attached hydrogen (secondary N) is 1. The second kappa shape index (κ2) is 10.3. The second-order valence-electron chi connectivity index (χ2n) is 10.3. The van der Waals surface area contributed by atoms with Crippen molar-refractivity contribution >= 4 is 39.9 Å². The number of amides is 1. The van der Waals surface area contributed by atoms with Gasteiger partial charge in [-0.3, -0.25) is 4.79 Å². The number of pyridine rings is 2. The summed E-state index contributed by atoms with van der Waals surface area (Å²) >= 11 is 0. The number of fused-ring (bicyclic) bond motifs is 5. The van der Waals surface area contributed by atoms with Crippen LogP contribution in [0.1, 0.15) is 25.3 Å². The summed E-state index contributed by atoms with van der Waals surface area (Å²) in [6.45, 7) is 4.62. The van der Waals surface area contributed by atoms with E-state index >= 15 is 4.39 Å². The number of hydrogen-bond acceptors (Lipinski definition) is 9. The molecule has 3 aliphatic rings. The Balaban J connectivity index is 1.15. The summed E-state index contributed by atoms with van der Waals surface area (Å²) in [6, 6.07) is 10.8. The van der Waals surface area contributed by atoms with Crippen LogP contribution in [0.4, 0.5) is 21.7 Å². The van der Waals surface area contributed by atoms with Crippen molar-refractivity contribution in [2.75, 3.05) is 23.3 Å². The molecule has 3 aliphatic heterocycles. The first-order valence-electron chi connectivity index (χ1n) is 13.6. The molecular formula is C30H26FN9O2. The van der Waals surface area contributed by atoms with Crippen LogP contribution in [0, 0.1) is 24.6 Å². The van der Waals surface area contributed by atoms with E-state index in [2.05, 4.69) is 42.1 Å². The zero-order chi connectivity index (χ0) is 28.8. The molecule has 7 heterocycles. The van der Waals surface area contributed by atoms with E-state index in [0.29, 0.717) is 52.7 Å². The summed E-state index contributed by atoms with van der Waals surface area (Å²) in [5, 5.41) is 7.19. The standard InChI is InChI=1S/C30H26FN9O2/c1-3-4-27(41)39-15-19-5-6-20(39)14-38(19)25-10-8-23-29(37-25)30(34-16-32-23)36-22-7-9-24(18(2)28(22)31)42-21-11-12-40-26(13-21)33-17-35-40/h7-13,16-17,19-20H,5-6,14-15H2,1-2H3,(H,32,34,36)/t19-,20-/m0/s1. The van der Waals surface area contributed by atoms with Crippen LogP contribution in [0.5, 0.6) is 11.5 Å². The number of rotatable bonds is 5. The number of piperidine rings is 2. The number of nitrogens with zero attached hydrogens (tertiary/aromatic N) is 8. The minimum atomic E-state index is -0.466. The van der Waals surface area contributed by atoms with Gasteiger partial charge >= 0.3 is 0 Å². The third kappa shape index (κ3) is 4.49. The molecule has 0 radical (unpaired) electrons. The minimum Gasteiger partial charge on any atom is -0.457 e. The number of hydrogen-bond donors (Lipinski definition) is 1. The van der Waals surface area contributed by atoms with Crippen molar-refractivity contribution < 1.29 is 13.9 Å². The Hall–Kier alpha value is -5.31. The highest BCUT2D eigenvalue weighted by Gasteiger charge is 2.41. The van der Waals surface area contributed by atoms with E-state index in [1.54, 1.807) is 48.8 Å². The van der Waals surface area contributed by atoms with Gasteiger partial charge in [0.2, 0.25) is 0 Å². The molecule has 1 N–H and O–H groups in total. The van der Waals surface area contributed by atoms with Crippen LogP contribution < -0.4 is 15.0 Å². The summed E-state index contributed by atoms with van der Waals surface area (Å²) in [6.07, 6.45) is 6.52. The van der Waals surface area contributed by atoms with Crippen LogP contribution in [0.25, 0.3) is 16.7 Å². The predicted molar refractivity (Wildman–Crippen MR) is 154 cm³/mol. The molecule has 8 rings (SSSR count). The van der Waals surface area contributed by atoms with Crippen LogP contribution in [0.15, 0.2) is 55.2 Å². The Morgan fingerprint density at radius 1 is 1.07 bits per heavy atom. The maximum Gasteiger partial charge on any atom is 0.298 e. The molecule has 5 aromatic rings. The Morgan fingerprint density at radius 3 is 2.79 bits per heavy atom. The van der Waals surface area contributed by atoms with Crippen molar-refractivity contribution in [3.05, 3.63) is 66.6 Å². The fraction of sp³-hybridized carbons (Fsp3) is 0.267. The predicted octanol–water partition coefficient (Wildman–Crippen LogP) is 4.25. The van der Waals surface area contributed by atoms with Gasteiger partial charge in [-0.15, -0.1) is 0 Å². The van der Waals surface area contributed by atoms with Gasteiger partial charge in [0.1, 0.15) is 35.5 Å². The lowest BCUT2D eigenvalue weighted by Crippen LogP contribution is -2.64. The molecular weight excluding hydrogens is 537 g/mol. The maximum atomic E-state index is 15.6. The van der Waals surface area contributed by atoms with Gasteiger partial charge in [0.15, 0.2) is 17.3 Å². The molecule has 1 aromatic carbocycles. The molecule has 3 saturated heterocycles. The van der Waals surface area contributed by atoms with Crippen LogP contribution >= 0.6 is 0 Å². The molecule has 210 valence electrons. The smallest absolute Gasteiger partial charge is 0.298 e. The summed E-state index contributed by atoms with van der Waals surface area (Å²) in [5.74, 6) is 6.87. The van der Waals surface area contributed by atoms with Crippen molar-refractivity contribution in [3.8, 4) is 23.3 Å². The molecule has 4 aromatic heterocycles. The van der Waals surface area contributed by atoms with Crippen molar-refractivity contribution in [1.82, 2.24) is 34.4 Å². The maximum absolute atomic E-state index is 15.6. The third-order valence-corrected chi connectivity index (χ3v) is 7.85. The quantitative estimate of drug-likeness (QED) is 0.314. The van der Waals surface area contributed by atoms with Gasteiger partial charge in [-0.05, 0) is 62.9 Å². The molecule has 3 fully saturated rings. The van der Waals surface area contributed by atoms with Crippen LogP contribution in [-0.4, -0.2) is 65.5 Å². The van der Waals surface area contributed by atoms with E-state index in [1.165, 1.54) is 12.7 Å². The lowest BCUT2D eigenvalue weighted by Gasteiger charge is -2.51. The highest BCUT2D eigenvalue weighted by Crippen LogP contribution is 2.35. The van der Waals surface area contributed by atoms with Crippen molar-refractivity contribution in [2.45, 2.75) is 38.8 Å². The normalized spacial score (nSPS) is 17.8. The molecule has 2 bridgehead atoms. The number of anilines is 3. The fourth-order valence-corrected chi connectivity index (χ4v) is 5.71. The molecule has 11 nitrogen and oxygen atoms in total. The topological polar surface area (TPSA) is 114 Å². The molecule has 12 heteroatoms. The summed E-state index contributed by atoms with van der Waals surface area (Å²) < 4.78 is 23.2. The zero-order valence-electron chi connectivity index (χ0n) is 23.0. The second-order valence-corrected chi connectivity index (χ2v) is 10.3. The monoisotopic (exact) mass is 563 g/mol. The highest BCUT2D eigenvalue weighted by atomic mass is 19.1. The van der Waals surface area contributed by atoms with Crippen molar-refractivity contribution in [2.24, 2.45) is 0 Å². The number of ether oxygens (including phenoxy) is 1. The first kappa shape index (κ1) is 25.6. The van der Waals surface area contributed by atoms with Crippen molar-refractivity contribution in [3.63, 3.8) is 0 Å². The summed E-state index contributed by atoms with van der Waals surface area (Å²) in [4.78, 5) is 34.4. The van der Waals surface area contributed by atoms with Gasteiger partial charge in [-0.25, -0.2) is 28.8 Å². The van der Waals surface area contributed by atoms with Crippen LogP contribution in [0.3, 0.4) is 0 Å². The average molecular weight is 564 g/mol. The zero-order valence-corrected chi connectivity index (χ0v) is 23.0. The minimum absolute atomic E-state index is 0.0848. The van der Waals surface area contributed by atoms with Gasteiger partial charge < -0.3 is 19.9 Å². The summed E-state index contributed by atoms with van der Waals surface area (Å²) in [5.41, 5.74) is 2.36. The SMILES string of the molecule is CC#CC(=O)N1C[C@@H]2CC[C@H]1CN2c1ccc2ncnc(Nc3ccc(Oc4ccn5ncnc5c4)c(C)c3F)c2n1. The van der Waals surface area contributed by atoms with E-state index in [0.717, 1.165) is 18.7 Å². The Labute approximate surface area is 240 Å². The van der Waals surface area contributed by atoms with E-state index in [-0.39, 0.29) is 23.7 Å². The highest BCUT2D eigenvalue weighted by molar-refractivity contribution is 5.94. The van der Waals surface area contributed by atoms with Crippen LogP contribution in [-0.2, 0) is 4.79 Å². The molecule has 0 unspecified atom stereocenters. The average Bonchev–Trinajstić information content (AvgIpc) is 3.49. The first-order chi connectivity index (χ1) is 20.5. The number of carbonyl (C=O) groups is 1. The third-order valence-electron chi connectivity index (χ3n) is 7.85. The Bertz CT molecular complexity index is 1910. The number of carbonyl (C=O) groups excluding carboxylic acids is 1. The fourth-order valence-electron chi connectivity index (χ4n) is 5.71. The summed E-state index contributed by atoms with van der Waals surface area (Å²) in [7, 11) is 0. The molecule has 0 saturated carbocycles. The number of aromatic nitrogens is 6. The molecule has 1 amide bonds. The van der Waals surface area contributed by atoms with E-state index in [9.17, 15) is 4.79 Å². The molecule has 0 aliphatic carbocycles. The van der Waals surface area contributed by atoms with Gasteiger partial charge in [-0.1, -0.05) is 5.92 Å². The number of benzene rings is 1. The van der Waals surface area contributed by atoms with Gasteiger partial charge in [0.25, 0.3) is 5.91 Å². The van der Waals surface area contributed by atoms with Crippen molar-refractivity contribution in [1.29, 1.82) is 0 Å². The molecule has 2 atom stereocenters. The van der Waals surface area contributed by atoms with Gasteiger partial charge in [0.05, 0.1) is 17.2 Å². The van der Waals surface area contributed by atoms with E-state index in [4.69, 9.17) is 9.72 Å². The van der Waals surface area contributed by atoms with E-state index in [1.807, 2.05) is 17.0 Å². The van der Waals surface area contributed by atoms with Gasteiger partial charge in [-0.2, -0.15) is 5.10 Å². The Morgan fingerprint density at radius 2 is 1.95 bits per heavy atom. The molecule has 42 heavy (non-hydrogen) atoms. The number of halogens is 1. The Kier molecular flexibility index (Phi) is 6.27. The first-order valence-corrected chi connectivity index (χ1v) is 13.6. The largest absolute Gasteiger partial charge is 0.457 e. The van der Waals surface area contributed by atoms with Crippen LogP contribution in [0.2, 0.25) is 0 Å². The molecule has 0 spiro atoms. The number of piperazine rings is 1. The lowest BCUT2D eigenvalue weighted by atomic mass is 9.90. The van der Waals surface area contributed by atoms with Gasteiger partial charge in [0, 0.05) is 37.0 Å². The van der Waals surface area contributed by atoms with E-state index < -0.39 is 5.82 Å². The lowest BCUT2D eigenvalue weighted by molar-refractivity contribution is -0.130.